The summed E-state index contributed by atoms with van der Waals surface area (Å²) in [6, 6.07) is 5.21. The average molecular weight is 595 g/mol. The molecule has 42 heavy (non-hydrogen) atoms. The maximum Gasteiger partial charge on any atom is 0.412 e. The molecule has 1 aliphatic heterocycles. The molecular weight excluding hydrogens is 563 g/mol. The van der Waals surface area contributed by atoms with Crippen molar-refractivity contribution in [3.8, 4) is 11.1 Å². The van der Waals surface area contributed by atoms with Gasteiger partial charge in [0.2, 0.25) is 5.91 Å². The monoisotopic (exact) mass is 594 g/mol. The van der Waals surface area contributed by atoms with Crippen molar-refractivity contribution in [2.24, 2.45) is 0 Å². The number of rotatable bonds is 5. The molecule has 4 N–H and O–H groups in total. The number of benzene rings is 1. The highest BCUT2D eigenvalue weighted by Gasteiger charge is 2.33. The van der Waals surface area contributed by atoms with E-state index in [0.29, 0.717) is 30.0 Å². The number of amides is 2. The molecule has 0 bridgehead atoms. The Morgan fingerprint density at radius 3 is 2.57 bits per heavy atom. The lowest BCUT2D eigenvalue weighted by molar-refractivity contribution is -0.133. The highest BCUT2D eigenvalue weighted by atomic mass is 35.5. The minimum Gasteiger partial charge on any atom is -0.465 e. The highest BCUT2D eigenvalue weighted by Crippen LogP contribution is 2.42. The van der Waals surface area contributed by atoms with Gasteiger partial charge in [-0.3, -0.25) is 19.4 Å². The molecule has 2 amide bonds. The molecule has 0 fully saturated rings. The van der Waals surface area contributed by atoms with Crippen molar-refractivity contribution in [1.82, 2.24) is 24.6 Å². The predicted octanol–water partition coefficient (Wildman–Crippen LogP) is 5.69. The van der Waals surface area contributed by atoms with Gasteiger partial charge in [0.05, 0.1) is 22.6 Å². The van der Waals surface area contributed by atoms with E-state index in [1.807, 2.05) is 24.8 Å². The Hall–Kier alpha value is -4.45. The molecule has 5 rings (SSSR count). The molecule has 0 atom stereocenters. The van der Waals surface area contributed by atoms with Crippen LogP contribution in [0, 0.1) is 5.82 Å². The molecule has 0 saturated carbocycles. The van der Waals surface area contributed by atoms with E-state index in [0.717, 1.165) is 10.6 Å². The molecule has 0 radical (unpaired) electrons. The molecule has 4 aromatic rings. The van der Waals surface area contributed by atoms with Gasteiger partial charge in [-0.15, -0.1) is 0 Å². The fraction of sp³-hybridized carbons (Fsp3) is 0.345. The largest absolute Gasteiger partial charge is 0.465 e. The van der Waals surface area contributed by atoms with Crippen LogP contribution in [0.3, 0.4) is 0 Å². The number of anilines is 4. The van der Waals surface area contributed by atoms with Gasteiger partial charge in [0.25, 0.3) is 0 Å². The number of pyridine rings is 2. The minimum absolute atomic E-state index is 0.000785. The first kappa shape index (κ1) is 29.1. The van der Waals surface area contributed by atoms with Gasteiger partial charge >= 0.3 is 6.09 Å². The topological polar surface area (TPSA) is 142 Å². The molecule has 4 heterocycles. The minimum atomic E-state index is -1.33. The fourth-order valence-electron chi connectivity index (χ4n) is 5.21. The molecule has 3 aromatic heterocycles. The molecule has 0 unspecified atom stereocenters. The summed E-state index contributed by atoms with van der Waals surface area (Å²) in [5.41, 5.74) is 6.12. The van der Waals surface area contributed by atoms with Gasteiger partial charge in [-0.25, -0.2) is 14.2 Å². The summed E-state index contributed by atoms with van der Waals surface area (Å²) in [5, 5.41) is 18.8. The van der Waals surface area contributed by atoms with E-state index in [1.54, 1.807) is 37.6 Å². The van der Waals surface area contributed by atoms with Crippen molar-refractivity contribution in [3.63, 3.8) is 0 Å². The number of aromatic nitrogens is 4. The Morgan fingerprint density at radius 2 is 1.90 bits per heavy atom. The lowest BCUT2D eigenvalue weighted by Gasteiger charge is -2.34. The summed E-state index contributed by atoms with van der Waals surface area (Å²) in [4.78, 5) is 36.5. The van der Waals surface area contributed by atoms with E-state index in [9.17, 15) is 14.7 Å². The summed E-state index contributed by atoms with van der Waals surface area (Å²) < 4.78 is 18.0. The zero-order chi connectivity index (χ0) is 30.5. The quantitative estimate of drug-likeness (QED) is 0.267. The van der Waals surface area contributed by atoms with Crippen LogP contribution in [-0.2, 0) is 17.8 Å². The van der Waals surface area contributed by atoms with Gasteiger partial charge in [0, 0.05) is 65.2 Å². The number of carbonyl (C=O) groups excluding carboxylic acids is 1. The number of hydrogen-bond donors (Lipinski definition) is 3. The fourth-order valence-corrected chi connectivity index (χ4v) is 5.41. The number of nitrogen functional groups attached to an aromatic ring is 1. The molecule has 0 aliphatic carbocycles. The molecule has 1 aromatic carbocycles. The number of nitrogens with one attached hydrogen (secondary N) is 1. The number of fused-ring (bicyclic) bond motifs is 2. The van der Waals surface area contributed by atoms with Gasteiger partial charge in [-0.05, 0) is 52.1 Å². The maximum atomic E-state index is 16.3. The highest BCUT2D eigenvalue weighted by molar-refractivity contribution is 6.35. The van der Waals surface area contributed by atoms with Crippen LogP contribution in [0.25, 0.3) is 21.9 Å². The first-order valence-corrected chi connectivity index (χ1v) is 13.8. The van der Waals surface area contributed by atoms with E-state index < -0.39 is 17.4 Å². The molecule has 13 heteroatoms. The Balaban J connectivity index is 1.61. The Labute approximate surface area is 247 Å². The van der Waals surface area contributed by atoms with Crippen LogP contribution in [0.1, 0.15) is 40.3 Å². The van der Waals surface area contributed by atoms with Crippen LogP contribution in [0.4, 0.5) is 32.2 Å². The first-order chi connectivity index (χ1) is 19.8. The van der Waals surface area contributed by atoms with Gasteiger partial charge in [-0.1, -0.05) is 11.6 Å². The zero-order valence-electron chi connectivity index (χ0n) is 23.9. The van der Waals surface area contributed by atoms with E-state index in [1.165, 1.54) is 18.6 Å². The number of halogens is 2. The van der Waals surface area contributed by atoms with Crippen LogP contribution >= 0.6 is 11.6 Å². The summed E-state index contributed by atoms with van der Waals surface area (Å²) in [7, 11) is 0. The number of carbonyl (C=O) groups is 2. The molecule has 1 aliphatic rings. The molecule has 11 nitrogen and oxygen atoms in total. The average Bonchev–Trinajstić information content (AvgIpc) is 3.18. The van der Waals surface area contributed by atoms with E-state index >= 15 is 4.39 Å². The van der Waals surface area contributed by atoms with Crippen molar-refractivity contribution in [3.05, 3.63) is 53.3 Å². The first-order valence-electron chi connectivity index (χ1n) is 13.4. The van der Waals surface area contributed by atoms with E-state index in [-0.39, 0.29) is 51.4 Å². The zero-order valence-corrected chi connectivity index (χ0v) is 24.7. The second-order valence-corrected chi connectivity index (χ2v) is 11.9. The Bertz CT molecular complexity index is 1720. The van der Waals surface area contributed by atoms with Gasteiger partial charge in [-0.2, -0.15) is 5.10 Å². The van der Waals surface area contributed by atoms with Gasteiger partial charge in [0.1, 0.15) is 12.4 Å². The van der Waals surface area contributed by atoms with E-state index in [4.69, 9.17) is 17.3 Å². The Morgan fingerprint density at radius 1 is 1.17 bits per heavy atom. The van der Waals surface area contributed by atoms with Crippen LogP contribution in [-0.4, -0.2) is 59.9 Å². The number of nitrogens with two attached hydrogens (primary N) is 1. The van der Waals surface area contributed by atoms with Crippen molar-refractivity contribution < 1.29 is 19.1 Å². The lowest BCUT2D eigenvalue weighted by atomic mass is 9.97. The smallest absolute Gasteiger partial charge is 0.412 e. The van der Waals surface area contributed by atoms with E-state index in [2.05, 4.69) is 20.4 Å². The Kier molecular flexibility index (Phi) is 7.44. The summed E-state index contributed by atoms with van der Waals surface area (Å²) in [5.74, 6) is 0.0920. The maximum absolute atomic E-state index is 16.3. The lowest BCUT2D eigenvalue weighted by Crippen LogP contribution is -2.45. The standard InChI is InChI=1S/C29H32ClFN8O3/c1-15(2)37-7-6-17-10-23(36-38(17)14-24(37)40)35-22-9-16-8-18(20-11-33-13-21(32)25(20)30)26(31)27(19(16)12-34-22)39(28(41)42)29(3,4)5/h8-13,15H,6-7,14,32H2,1-5H3,(H,41,42)(H,34,35,36). The molecule has 0 spiro atoms. The van der Waals surface area contributed by atoms with Crippen LogP contribution < -0.4 is 16.0 Å². The third kappa shape index (κ3) is 5.29. The van der Waals surface area contributed by atoms with Crippen molar-refractivity contribution in [2.45, 2.75) is 59.2 Å². The third-order valence-electron chi connectivity index (χ3n) is 7.18. The number of nitrogens with zero attached hydrogens (tertiary/aromatic N) is 6. The van der Waals surface area contributed by atoms with Crippen molar-refractivity contribution >= 4 is 57.4 Å². The SMILES string of the molecule is CC(C)N1CCc2cc(Nc3cc4cc(-c5cncc(N)c5Cl)c(F)c(N(C(=O)O)C(C)(C)C)c4cn3)nn2CC1=O. The molecule has 220 valence electrons. The summed E-state index contributed by atoms with van der Waals surface area (Å²) in [6.07, 6.45) is 3.49. The van der Waals surface area contributed by atoms with Crippen LogP contribution in [0.15, 0.2) is 36.8 Å². The van der Waals surface area contributed by atoms with Crippen molar-refractivity contribution in [2.75, 3.05) is 22.5 Å². The van der Waals surface area contributed by atoms with Gasteiger partial charge < -0.3 is 21.1 Å². The number of carboxylic acid groups (broad SMARTS) is 1. The molecular formula is C29H32ClFN8O3. The van der Waals surface area contributed by atoms with Crippen LogP contribution in [0.2, 0.25) is 5.02 Å². The second kappa shape index (κ2) is 10.8. The predicted molar refractivity (Wildman–Crippen MR) is 161 cm³/mol. The third-order valence-corrected chi connectivity index (χ3v) is 7.60. The normalized spacial score (nSPS) is 13.8. The summed E-state index contributed by atoms with van der Waals surface area (Å²) in [6.45, 7) is 9.73. The molecule has 0 saturated heterocycles. The summed E-state index contributed by atoms with van der Waals surface area (Å²) >= 11 is 6.45. The van der Waals surface area contributed by atoms with Gasteiger partial charge in [0.15, 0.2) is 11.6 Å². The van der Waals surface area contributed by atoms with Crippen molar-refractivity contribution in [1.29, 1.82) is 0 Å². The second-order valence-electron chi connectivity index (χ2n) is 11.5. The van der Waals surface area contributed by atoms with Crippen LogP contribution in [0.5, 0.6) is 0 Å². The number of hydrogen-bond acceptors (Lipinski definition) is 7.